The van der Waals surface area contributed by atoms with Gasteiger partial charge in [-0.1, -0.05) is 32.6 Å². The van der Waals surface area contributed by atoms with Crippen molar-refractivity contribution < 1.29 is 4.79 Å². The van der Waals surface area contributed by atoms with E-state index in [-0.39, 0.29) is 23.3 Å². The van der Waals surface area contributed by atoms with Gasteiger partial charge >= 0.3 is 5.69 Å². The smallest absolute Gasteiger partial charge is 0.332 e. The lowest BCUT2D eigenvalue weighted by Gasteiger charge is -2.22. The van der Waals surface area contributed by atoms with E-state index >= 15 is 0 Å². The third-order valence-corrected chi connectivity index (χ3v) is 6.77. The highest BCUT2D eigenvalue weighted by atomic mass is 32.2. The van der Waals surface area contributed by atoms with Crippen molar-refractivity contribution in [2.24, 2.45) is 14.1 Å². The van der Waals surface area contributed by atoms with E-state index in [2.05, 4.69) is 17.2 Å². The van der Waals surface area contributed by atoms with Crippen LogP contribution in [-0.2, 0) is 25.3 Å². The molecule has 0 radical (unpaired) electrons. The zero-order chi connectivity index (χ0) is 21.0. The molecule has 2 aromatic rings. The number of nitrogens with one attached hydrogen (secondary N) is 1. The molecule has 0 aromatic carbocycles. The Morgan fingerprint density at radius 3 is 2.62 bits per heavy atom. The topological polar surface area (TPSA) is 86.0 Å². The van der Waals surface area contributed by atoms with E-state index < -0.39 is 5.69 Å². The predicted molar refractivity (Wildman–Crippen MR) is 117 cm³/mol. The van der Waals surface area contributed by atoms with Crippen LogP contribution < -0.4 is 16.6 Å². The molecule has 1 amide bonds. The SMILES string of the molecule is CCCCc1cnc2c(c1SCC(=O)NC1CCCCC1)c(=O)n(C)c(=O)n2C. The number of thioether (sulfide) groups is 1. The zero-order valence-corrected chi connectivity index (χ0v) is 18.3. The number of aryl methyl sites for hydroxylation is 2. The van der Waals surface area contributed by atoms with E-state index in [4.69, 9.17) is 0 Å². The number of unbranched alkanes of at least 4 members (excludes halogenated alkanes) is 1. The number of amides is 1. The first-order valence-corrected chi connectivity index (χ1v) is 11.4. The molecule has 0 saturated heterocycles. The molecule has 0 bridgehead atoms. The van der Waals surface area contributed by atoms with Gasteiger partial charge in [0.25, 0.3) is 5.56 Å². The quantitative estimate of drug-likeness (QED) is 0.699. The van der Waals surface area contributed by atoms with Crippen molar-refractivity contribution in [2.75, 3.05) is 5.75 Å². The van der Waals surface area contributed by atoms with Crippen molar-refractivity contribution in [3.05, 3.63) is 32.6 Å². The molecule has 7 nitrogen and oxygen atoms in total. The molecular formula is C21H30N4O3S. The van der Waals surface area contributed by atoms with Gasteiger partial charge in [-0.25, -0.2) is 9.78 Å². The highest BCUT2D eigenvalue weighted by Gasteiger charge is 2.20. The number of hydrogen-bond acceptors (Lipinski definition) is 5. The summed E-state index contributed by atoms with van der Waals surface area (Å²) < 4.78 is 2.51. The minimum atomic E-state index is -0.401. The maximum Gasteiger partial charge on any atom is 0.332 e. The first-order valence-electron chi connectivity index (χ1n) is 10.4. The van der Waals surface area contributed by atoms with Crippen LogP contribution in [0.5, 0.6) is 0 Å². The molecule has 1 fully saturated rings. The van der Waals surface area contributed by atoms with Crippen LogP contribution in [0.25, 0.3) is 11.0 Å². The van der Waals surface area contributed by atoms with E-state index in [0.717, 1.165) is 60.0 Å². The Hall–Kier alpha value is -2.09. The third-order valence-electron chi connectivity index (χ3n) is 5.61. The monoisotopic (exact) mass is 418 g/mol. The van der Waals surface area contributed by atoms with Crippen molar-refractivity contribution in [1.29, 1.82) is 0 Å². The molecule has 29 heavy (non-hydrogen) atoms. The summed E-state index contributed by atoms with van der Waals surface area (Å²) in [5, 5.41) is 3.56. The van der Waals surface area contributed by atoms with E-state index in [1.165, 1.54) is 29.8 Å². The van der Waals surface area contributed by atoms with Gasteiger partial charge in [0, 0.05) is 31.2 Å². The summed E-state index contributed by atoms with van der Waals surface area (Å²) >= 11 is 1.38. The van der Waals surface area contributed by atoms with E-state index in [1.54, 1.807) is 13.2 Å². The molecule has 0 unspecified atom stereocenters. The molecule has 1 aliphatic carbocycles. The number of carbonyl (C=O) groups excluding carboxylic acids is 1. The number of aromatic nitrogens is 3. The standard InChI is InChI=1S/C21H30N4O3S/c1-4-5-9-14-12-22-19-17(20(27)25(3)21(28)24(19)2)18(14)29-13-16(26)23-15-10-7-6-8-11-15/h12,15H,4-11,13H2,1-3H3,(H,23,26). The van der Waals surface area contributed by atoms with Crippen molar-refractivity contribution in [3.63, 3.8) is 0 Å². The molecule has 0 spiro atoms. The number of fused-ring (bicyclic) bond motifs is 1. The molecule has 2 heterocycles. The minimum absolute atomic E-state index is 0.00468. The van der Waals surface area contributed by atoms with Gasteiger partial charge in [0.1, 0.15) is 5.65 Å². The lowest BCUT2D eigenvalue weighted by Crippen LogP contribution is -2.38. The molecular weight excluding hydrogens is 388 g/mol. The summed E-state index contributed by atoms with van der Waals surface area (Å²) in [5.41, 5.74) is 0.575. The number of carbonyl (C=O) groups is 1. The number of hydrogen-bond donors (Lipinski definition) is 1. The summed E-state index contributed by atoms with van der Waals surface area (Å²) in [7, 11) is 3.10. The largest absolute Gasteiger partial charge is 0.353 e. The van der Waals surface area contributed by atoms with Gasteiger partial charge in [0.05, 0.1) is 11.1 Å². The Morgan fingerprint density at radius 1 is 1.21 bits per heavy atom. The fourth-order valence-electron chi connectivity index (χ4n) is 3.91. The van der Waals surface area contributed by atoms with Gasteiger partial charge in [-0.15, -0.1) is 11.8 Å². The van der Waals surface area contributed by atoms with Gasteiger partial charge in [-0.2, -0.15) is 0 Å². The summed E-state index contributed by atoms with van der Waals surface area (Å²) in [5.74, 6) is 0.246. The van der Waals surface area contributed by atoms with Crippen molar-refractivity contribution in [1.82, 2.24) is 19.4 Å². The first-order chi connectivity index (χ1) is 13.9. The lowest BCUT2D eigenvalue weighted by molar-refractivity contribution is -0.119. The average Bonchev–Trinajstić information content (AvgIpc) is 2.73. The molecule has 1 saturated carbocycles. The number of nitrogens with zero attached hydrogens (tertiary/aromatic N) is 3. The Morgan fingerprint density at radius 2 is 1.93 bits per heavy atom. The molecule has 1 aliphatic rings. The van der Waals surface area contributed by atoms with Gasteiger partial charge < -0.3 is 5.32 Å². The van der Waals surface area contributed by atoms with Gasteiger partial charge in [-0.3, -0.25) is 18.7 Å². The van der Waals surface area contributed by atoms with Crippen molar-refractivity contribution in [2.45, 2.75) is 69.2 Å². The van der Waals surface area contributed by atoms with Crippen LogP contribution in [0.3, 0.4) is 0 Å². The summed E-state index contributed by atoms with van der Waals surface area (Å²) in [6, 6.07) is 0.263. The Balaban J connectivity index is 1.93. The number of rotatable bonds is 7. The molecule has 3 rings (SSSR count). The second-order valence-electron chi connectivity index (χ2n) is 7.81. The highest BCUT2D eigenvalue weighted by molar-refractivity contribution is 8.00. The fraction of sp³-hybridized carbons (Fsp3) is 0.619. The van der Waals surface area contributed by atoms with Crippen molar-refractivity contribution >= 4 is 28.7 Å². The second-order valence-corrected chi connectivity index (χ2v) is 8.80. The Kier molecular flexibility index (Phi) is 7.16. The van der Waals surface area contributed by atoms with E-state index in [1.807, 2.05) is 0 Å². The zero-order valence-electron chi connectivity index (χ0n) is 17.5. The van der Waals surface area contributed by atoms with Crippen LogP contribution >= 0.6 is 11.8 Å². The van der Waals surface area contributed by atoms with Gasteiger partial charge in [0.2, 0.25) is 5.91 Å². The Labute approximate surface area is 174 Å². The first kappa shape index (κ1) is 21.6. The maximum absolute atomic E-state index is 12.9. The minimum Gasteiger partial charge on any atom is -0.353 e. The second kappa shape index (κ2) is 9.61. The predicted octanol–water partition coefficient (Wildman–Crippen LogP) is 2.52. The molecule has 0 atom stereocenters. The normalized spacial score (nSPS) is 15.0. The molecule has 1 N–H and O–H groups in total. The molecule has 158 valence electrons. The summed E-state index contributed by atoms with van der Waals surface area (Å²) in [4.78, 5) is 42.9. The Bertz CT molecular complexity index is 1010. The van der Waals surface area contributed by atoms with Gasteiger partial charge in [0.15, 0.2) is 0 Å². The van der Waals surface area contributed by atoms with Crippen molar-refractivity contribution in [3.8, 4) is 0 Å². The van der Waals surface area contributed by atoms with Gasteiger partial charge in [-0.05, 0) is 31.2 Å². The summed E-state index contributed by atoms with van der Waals surface area (Å²) in [6.45, 7) is 2.11. The van der Waals surface area contributed by atoms with Crippen LogP contribution in [0.4, 0.5) is 0 Å². The lowest BCUT2D eigenvalue weighted by atomic mass is 9.95. The molecule has 2 aromatic heterocycles. The van der Waals surface area contributed by atoms with E-state index in [9.17, 15) is 14.4 Å². The highest BCUT2D eigenvalue weighted by Crippen LogP contribution is 2.29. The third kappa shape index (κ3) is 4.74. The summed E-state index contributed by atoms with van der Waals surface area (Å²) in [6.07, 6.45) is 10.2. The number of pyridine rings is 1. The molecule has 8 heteroatoms. The molecule has 0 aliphatic heterocycles. The van der Waals surface area contributed by atoms with E-state index in [0.29, 0.717) is 11.0 Å². The van der Waals surface area contributed by atoms with Crippen LogP contribution in [0.1, 0.15) is 57.4 Å². The van der Waals surface area contributed by atoms with Crippen LogP contribution in [-0.4, -0.2) is 31.8 Å². The average molecular weight is 419 g/mol. The van der Waals surface area contributed by atoms with Crippen LogP contribution in [0, 0.1) is 0 Å². The fourth-order valence-corrected chi connectivity index (χ4v) is 4.93. The van der Waals surface area contributed by atoms with Crippen LogP contribution in [0.2, 0.25) is 0 Å². The van der Waals surface area contributed by atoms with Crippen LogP contribution in [0.15, 0.2) is 20.7 Å². The maximum atomic E-state index is 12.9.